The predicted octanol–water partition coefficient (Wildman–Crippen LogP) is 2.29. The van der Waals surface area contributed by atoms with Gasteiger partial charge < -0.3 is 5.32 Å². The van der Waals surface area contributed by atoms with Gasteiger partial charge in [0.15, 0.2) is 0 Å². The van der Waals surface area contributed by atoms with E-state index < -0.39 is 0 Å². The van der Waals surface area contributed by atoms with Gasteiger partial charge in [0.25, 0.3) is 0 Å². The molecule has 0 amide bonds. The zero-order chi connectivity index (χ0) is 10.1. The van der Waals surface area contributed by atoms with E-state index in [-0.39, 0.29) is 0 Å². The van der Waals surface area contributed by atoms with Crippen molar-refractivity contribution in [2.24, 2.45) is 0 Å². The number of nitrogens with one attached hydrogen (secondary N) is 1. The molecule has 0 saturated carbocycles. The summed E-state index contributed by atoms with van der Waals surface area (Å²) < 4.78 is 0. The molecule has 0 aliphatic rings. The Morgan fingerprint density at radius 1 is 1.14 bits per heavy atom. The molecule has 0 atom stereocenters. The molecule has 3 heteroatoms. The zero-order valence-corrected chi connectivity index (χ0v) is 8.63. The number of nitrogens with zero attached hydrogens (tertiary/aromatic N) is 2. The lowest BCUT2D eigenvalue weighted by molar-refractivity contribution is 1.20. The van der Waals surface area contributed by atoms with E-state index in [9.17, 15) is 0 Å². The molecule has 1 aromatic carbocycles. The molecule has 0 radical (unpaired) electrons. The molecule has 0 saturated heterocycles. The monoisotopic (exact) mass is 187 g/mol. The molecule has 0 aliphatic carbocycles. The highest BCUT2D eigenvalue weighted by Crippen LogP contribution is 2.24. The van der Waals surface area contributed by atoms with Crippen molar-refractivity contribution >= 4 is 16.7 Å². The van der Waals surface area contributed by atoms with Crippen LogP contribution >= 0.6 is 0 Å². The van der Waals surface area contributed by atoms with Gasteiger partial charge in [0.1, 0.15) is 12.1 Å². The predicted molar refractivity (Wildman–Crippen MR) is 58.6 cm³/mol. The van der Waals surface area contributed by atoms with Gasteiger partial charge >= 0.3 is 0 Å². The molecule has 1 heterocycles. The molecular weight excluding hydrogens is 174 g/mol. The fourth-order valence-electron chi connectivity index (χ4n) is 1.61. The summed E-state index contributed by atoms with van der Waals surface area (Å²) in [5.74, 6) is 0.899. The fraction of sp³-hybridized carbons (Fsp3) is 0.273. The van der Waals surface area contributed by atoms with E-state index in [0.717, 1.165) is 16.7 Å². The van der Waals surface area contributed by atoms with Crippen molar-refractivity contribution in [2.75, 3.05) is 12.4 Å². The topological polar surface area (TPSA) is 37.8 Å². The van der Waals surface area contributed by atoms with Crippen molar-refractivity contribution in [3.8, 4) is 0 Å². The standard InChI is InChI=1S/C11H13N3/c1-7-4-5-9-10(8(7)2)11(12-3)14-6-13-9/h4-6H,1-3H3,(H,12,13,14). The Kier molecular flexibility index (Phi) is 2.08. The Hall–Kier alpha value is -1.64. The van der Waals surface area contributed by atoms with Gasteiger partial charge in [-0.15, -0.1) is 0 Å². The summed E-state index contributed by atoms with van der Waals surface area (Å²) >= 11 is 0. The van der Waals surface area contributed by atoms with Crippen LogP contribution in [0.5, 0.6) is 0 Å². The molecular formula is C11H13N3. The van der Waals surface area contributed by atoms with E-state index in [1.165, 1.54) is 11.1 Å². The van der Waals surface area contributed by atoms with E-state index in [4.69, 9.17) is 0 Å². The molecule has 72 valence electrons. The third kappa shape index (κ3) is 1.21. The first-order valence-electron chi connectivity index (χ1n) is 4.62. The Morgan fingerprint density at radius 2 is 1.93 bits per heavy atom. The number of anilines is 1. The zero-order valence-electron chi connectivity index (χ0n) is 8.63. The number of hydrogen-bond donors (Lipinski definition) is 1. The van der Waals surface area contributed by atoms with E-state index in [1.54, 1.807) is 6.33 Å². The van der Waals surface area contributed by atoms with Crippen LogP contribution in [0, 0.1) is 13.8 Å². The summed E-state index contributed by atoms with van der Waals surface area (Å²) in [6.07, 6.45) is 1.59. The van der Waals surface area contributed by atoms with Crippen molar-refractivity contribution in [1.82, 2.24) is 9.97 Å². The second kappa shape index (κ2) is 3.25. The number of rotatable bonds is 1. The second-order valence-electron chi connectivity index (χ2n) is 3.37. The molecule has 0 fully saturated rings. The van der Waals surface area contributed by atoms with E-state index in [0.29, 0.717) is 0 Å². The number of aromatic nitrogens is 2. The Balaban J connectivity index is 2.89. The number of aryl methyl sites for hydroxylation is 2. The SMILES string of the molecule is CNc1ncnc2ccc(C)c(C)c12. The van der Waals surface area contributed by atoms with Gasteiger partial charge in [0.2, 0.25) is 0 Å². The first-order chi connectivity index (χ1) is 6.74. The van der Waals surface area contributed by atoms with Gasteiger partial charge in [-0.3, -0.25) is 0 Å². The van der Waals surface area contributed by atoms with Crippen LogP contribution in [-0.2, 0) is 0 Å². The van der Waals surface area contributed by atoms with Crippen LogP contribution in [0.4, 0.5) is 5.82 Å². The fourth-order valence-corrected chi connectivity index (χ4v) is 1.61. The largest absolute Gasteiger partial charge is 0.373 e. The summed E-state index contributed by atoms with van der Waals surface area (Å²) in [6.45, 7) is 4.20. The molecule has 14 heavy (non-hydrogen) atoms. The first-order valence-corrected chi connectivity index (χ1v) is 4.62. The minimum absolute atomic E-state index is 0.899. The smallest absolute Gasteiger partial charge is 0.137 e. The maximum Gasteiger partial charge on any atom is 0.137 e. The molecule has 1 aromatic heterocycles. The van der Waals surface area contributed by atoms with E-state index in [2.05, 4.69) is 35.2 Å². The van der Waals surface area contributed by atoms with Crippen LogP contribution < -0.4 is 5.32 Å². The van der Waals surface area contributed by atoms with Gasteiger partial charge in [0, 0.05) is 12.4 Å². The van der Waals surface area contributed by atoms with Gasteiger partial charge in [-0.25, -0.2) is 9.97 Å². The number of fused-ring (bicyclic) bond motifs is 1. The lowest BCUT2D eigenvalue weighted by atomic mass is 10.0. The minimum atomic E-state index is 0.899. The molecule has 0 unspecified atom stereocenters. The summed E-state index contributed by atoms with van der Waals surface area (Å²) in [6, 6.07) is 4.12. The maximum absolute atomic E-state index is 4.24. The van der Waals surface area contributed by atoms with Crippen LogP contribution in [0.15, 0.2) is 18.5 Å². The lowest BCUT2D eigenvalue weighted by Gasteiger charge is -2.08. The minimum Gasteiger partial charge on any atom is -0.373 e. The highest BCUT2D eigenvalue weighted by Gasteiger charge is 2.06. The third-order valence-corrected chi connectivity index (χ3v) is 2.57. The van der Waals surface area contributed by atoms with Gasteiger partial charge in [0.05, 0.1) is 5.52 Å². The van der Waals surface area contributed by atoms with Crippen molar-refractivity contribution in [2.45, 2.75) is 13.8 Å². The van der Waals surface area contributed by atoms with Crippen LogP contribution in [0.1, 0.15) is 11.1 Å². The van der Waals surface area contributed by atoms with Gasteiger partial charge in [-0.1, -0.05) is 6.07 Å². The Labute approximate surface area is 83.2 Å². The molecule has 3 nitrogen and oxygen atoms in total. The normalized spacial score (nSPS) is 10.5. The van der Waals surface area contributed by atoms with Gasteiger partial charge in [-0.05, 0) is 31.0 Å². The average molecular weight is 187 g/mol. The van der Waals surface area contributed by atoms with Gasteiger partial charge in [-0.2, -0.15) is 0 Å². The van der Waals surface area contributed by atoms with Crippen LogP contribution in [-0.4, -0.2) is 17.0 Å². The third-order valence-electron chi connectivity index (χ3n) is 2.57. The second-order valence-corrected chi connectivity index (χ2v) is 3.37. The molecule has 0 aliphatic heterocycles. The van der Waals surface area contributed by atoms with E-state index >= 15 is 0 Å². The quantitative estimate of drug-likeness (QED) is 0.744. The highest BCUT2D eigenvalue weighted by molar-refractivity contribution is 5.92. The van der Waals surface area contributed by atoms with Crippen molar-refractivity contribution in [3.63, 3.8) is 0 Å². The summed E-state index contributed by atoms with van der Waals surface area (Å²) in [5, 5.41) is 4.21. The summed E-state index contributed by atoms with van der Waals surface area (Å²) in [5.41, 5.74) is 3.50. The Bertz CT molecular complexity index is 477. The molecule has 0 spiro atoms. The molecule has 2 rings (SSSR count). The van der Waals surface area contributed by atoms with Crippen molar-refractivity contribution in [3.05, 3.63) is 29.6 Å². The lowest BCUT2D eigenvalue weighted by Crippen LogP contribution is -1.97. The van der Waals surface area contributed by atoms with Crippen LogP contribution in [0.2, 0.25) is 0 Å². The van der Waals surface area contributed by atoms with E-state index in [1.807, 2.05) is 13.1 Å². The summed E-state index contributed by atoms with van der Waals surface area (Å²) in [4.78, 5) is 8.45. The highest BCUT2D eigenvalue weighted by atomic mass is 15.0. The number of hydrogen-bond acceptors (Lipinski definition) is 3. The first kappa shape index (κ1) is 8.94. The van der Waals surface area contributed by atoms with Crippen LogP contribution in [0.25, 0.3) is 10.9 Å². The van der Waals surface area contributed by atoms with Crippen molar-refractivity contribution in [1.29, 1.82) is 0 Å². The van der Waals surface area contributed by atoms with Crippen molar-refractivity contribution < 1.29 is 0 Å². The Morgan fingerprint density at radius 3 is 2.64 bits per heavy atom. The van der Waals surface area contributed by atoms with Crippen LogP contribution in [0.3, 0.4) is 0 Å². The molecule has 0 bridgehead atoms. The molecule has 2 aromatic rings. The average Bonchev–Trinajstić information content (AvgIpc) is 2.23. The number of benzene rings is 1. The summed E-state index contributed by atoms with van der Waals surface area (Å²) in [7, 11) is 1.88. The maximum atomic E-state index is 4.24. The molecule has 1 N–H and O–H groups in total.